The lowest BCUT2D eigenvalue weighted by Gasteiger charge is -2.24. The van der Waals surface area contributed by atoms with Crippen LogP contribution in [-0.2, 0) is 19.4 Å². The van der Waals surface area contributed by atoms with E-state index in [9.17, 15) is 5.11 Å². The first kappa shape index (κ1) is 12.2. The van der Waals surface area contributed by atoms with Crippen LogP contribution in [-0.4, -0.2) is 21.3 Å². The molecule has 0 spiro atoms. The van der Waals surface area contributed by atoms with E-state index in [2.05, 4.69) is 4.57 Å². The fourth-order valence-corrected chi connectivity index (χ4v) is 3.63. The van der Waals surface area contributed by atoms with Crippen molar-refractivity contribution in [1.82, 2.24) is 9.55 Å². The Morgan fingerprint density at radius 2 is 1.94 bits per heavy atom. The maximum absolute atomic E-state index is 9.19. The average Bonchev–Trinajstić information content (AvgIpc) is 2.80. The highest BCUT2D eigenvalue weighted by Crippen LogP contribution is 2.34. The molecule has 2 heterocycles. The Balaban J connectivity index is 1.92. The minimum Gasteiger partial charge on any atom is -0.396 e. The highest BCUT2D eigenvalue weighted by Gasteiger charge is 2.25. The number of hydrogen-bond donors (Lipinski definition) is 1. The molecule has 1 aliphatic heterocycles. The van der Waals surface area contributed by atoms with E-state index in [0.29, 0.717) is 5.92 Å². The van der Waals surface area contributed by atoms with Crippen LogP contribution in [0.5, 0.6) is 0 Å². The zero-order valence-corrected chi connectivity index (χ0v) is 11.2. The zero-order chi connectivity index (χ0) is 12.4. The van der Waals surface area contributed by atoms with Crippen molar-refractivity contribution in [2.45, 2.75) is 70.3 Å². The van der Waals surface area contributed by atoms with Crippen molar-refractivity contribution < 1.29 is 5.11 Å². The molecular formula is C15H24N2O. The minimum absolute atomic E-state index is 0.230. The summed E-state index contributed by atoms with van der Waals surface area (Å²) < 4.78 is 2.49. The summed E-state index contributed by atoms with van der Waals surface area (Å²) >= 11 is 0. The molecule has 1 saturated carbocycles. The lowest BCUT2D eigenvalue weighted by molar-refractivity contribution is 0.297. The van der Waals surface area contributed by atoms with Gasteiger partial charge in [-0.05, 0) is 32.1 Å². The fourth-order valence-electron chi connectivity index (χ4n) is 3.63. The molecular weight excluding hydrogens is 224 g/mol. The Kier molecular flexibility index (Phi) is 3.69. The first-order chi connectivity index (χ1) is 8.90. The van der Waals surface area contributed by atoms with E-state index < -0.39 is 0 Å². The second-order valence-electron chi connectivity index (χ2n) is 5.78. The third kappa shape index (κ3) is 2.20. The lowest BCUT2D eigenvalue weighted by Crippen LogP contribution is -2.17. The van der Waals surface area contributed by atoms with Gasteiger partial charge in [0.05, 0.1) is 5.69 Å². The van der Waals surface area contributed by atoms with Crippen molar-refractivity contribution in [3.63, 3.8) is 0 Å². The highest BCUT2D eigenvalue weighted by molar-refractivity contribution is 5.22. The number of imidazole rings is 1. The van der Waals surface area contributed by atoms with Crippen LogP contribution in [0.4, 0.5) is 0 Å². The summed E-state index contributed by atoms with van der Waals surface area (Å²) in [7, 11) is 0. The monoisotopic (exact) mass is 248 g/mol. The number of aromatic nitrogens is 2. The molecule has 1 N–H and O–H groups in total. The molecule has 100 valence electrons. The van der Waals surface area contributed by atoms with E-state index in [4.69, 9.17) is 4.98 Å². The van der Waals surface area contributed by atoms with Crippen LogP contribution in [0.15, 0.2) is 0 Å². The van der Waals surface area contributed by atoms with Gasteiger partial charge < -0.3 is 9.67 Å². The number of aliphatic hydroxyl groups is 1. The molecule has 1 aromatic heterocycles. The Morgan fingerprint density at radius 3 is 2.72 bits per heavy atom. The zero-order valence-electron chi connectivity index (χ0n) is 11.2. The van der Waals surface area contributed by atoms with E-state index in [1.165, 1.54) is 62.2 Å². The third-order valence-corrected chi connectivity index (χ3v) is 4.55. The molecule has 0 radical (unpaired) electrons. The average molecular weight is 248 g/mol. The number of aliphatic hydroxyl groups excluding tert-OH is 1. The van der Waals surface area contributed by atoms with Crippen molar-refractivity contribution >= 4 is 0 Å². The molecule has 3 nitrogen and oxygen atoms in total. The molecule has 0 unspecified atom stereocenters. The van der Waals surface area contributed by atoms with Crippen LogP contribution in [0.1, 0.15) is 68.1 Å². The van der Waals surface area contributed by atoms with Crippen molar-refractivity contribution in [3.05, 3.63) is 17.2 Å². The van der Waals surface area contributed by atoms with Crippen LogP contribution >= 0.6 is 0 Å². The van der Waals surface area contributed by atoms with Gasteiger partial charge in [-0.2, -0.15) is 0 Å². The molecule has 1 aliphatic carbocycles. The smallest absolute Gasteiger partial charge is 0.112 e. The van der Waals surface area contributed by atoms with Crippen molar-refractivity contribution in [3.8, 4) is 0 Å². The van der Waals surface area contributed by atoms with Crippen LogP contribution in [0.3, 0.4) is 0 Å². The van der Waals surface area contributed by atoms with Crippen molar-refractivity contribution in [2.75, 3.05) is 6.61 Å². The maximum Gasteiger partial charge on any atom is 0.112 e. The molecule has 0 aromatic carbocycles. The van der Waals surface area contributed by atoms with Crippen LogP contribution in [0.25, 0.3) is 0 Å². The number of nitrogens with zero attached hydrogens (tertiary/aromatic N) is 2. The quantitative estimate of drug-likeness (QED) is 0.893. The van der Waals surface area contributed by atoms with Crippen LogP contribution in [0, 0.1) is 0 Å². The number of fused-ring (bicyclic) bond motifs is 1. The van der Waals surface area contributed by atoms with E-state index in [-0.39, 0.29) is 6.61 Å². The summed E-state index contributed by atoms with van der Waals surface area (Å²) in [4.78, 5) is 4.91. The minimum atomic E-state index is 0.230. The van der Waals surface area contributed by atoms with Crippen molar-refractivity contribution in [2.24, 2.45) is 0 Å². The van der Waals surface area contributed by atoms with Gasteiger partial charge in [0.2, 0.25) is 0 Å². The normalized spacial score (nSPS) is 20.9. The highest BCUT2D eigenvalue weighted by atomic mass is 16.3. The van der Waals surface area contributed by atoms with E-state index in [0.717, 1.165) is 19.4 Å². The molecule has 1 aromatic rings. The molecule has 0 saturated heterocycles. The van der Waals surface area contributed by atoms with Gasteiger partial charge in [0.25, 0.3) is 0 Å². The summed E-state index contributed by atoms with van der Waals surface area (Å²) in [6.07, 6.45) is 11.2. The van der Waals surface area contributed by atoms with E-state index in [1.807, 2.05) is 0 Å². The predicted molar refractivity (Wildman–Crippen MR) is 71.8 cm³/mol. The second-order valence-corrected chi connectivity index (χ2v) is 5.78. The number of hydrogen-bond acceptors (Lipinski definition) is 2. The predicted octanol–water partition coefficient (Wildman–Crippen LogP) is 2.80. The molecule has 3 rings (SSSR count). The van der Waals surface area contributed by atoms with Gasteiger partial charge in [-0.25, -0.2) is 4.98 Å². The standard InChI is InChI=1S/C15H24N2O/c18-11-9-13-14-8-4-5-10-17(14)15(16-13)12-6-2-1-3-7-12/h12,18H,1-11H2. The second kappa shape index (κ2) is 5.43. The van der Waals surface area contributed by atoms with Gasteiger partial charge in [0.1, 0.15) is 5.82 Å². The topological polar surface area (TPSA) is 38.1 Å². The molecule has 0 bridgehead atoms. The Hall–Kier alpha value is -0.830. The Labute approximate surface area is 109 Å². The van der Waals surface area contributed by atoms with Crippen LogP contribution in [0.2, 0.25) is 0 Å². The first-order valence-electron chi connectivity index (χ1n) is 7.59. The summed E-state index contributed by atoms with van der Waals surface area (Å²) in [6.45, 7) is 1.38. The molecule has 0 amide bonds. The van der Waals surface area contributed by atoms with Gasteiger partial charge in [0, 0.05) is 31.2 Å². The van der Waals surface area contributed by atoms with Crippen molar-refractivity contribution in [1.29, 1.82) is 0 Å². The molecule has 2 aliphatic rings. The summed E-state index contributed by atoms with van der Waals surface area (Å²) in [5.74, 6) is 2.02. The van der Waals surface area contributed by atoms with Gasteiger partial charge in [-0.3, -0.25) is 0 Å². The van der Waals surface area contributed by atoms with Gasteiger partial charge in [0.15, 0.2) is 0 Å². The first-order valence-corrected chi connectivity index (χ1v) is 7.59. The van der Waals surface area contributed by atoms with E-state index >= 15 is 0 Å². The third-order valence-electron chi connectivity index (χ3n) is 4.55. The Bertz CT molecular complexity index is 405. The van der Waals surface area contributed by atoms with Crippen LogP contribution < -0.4 is 0 Å². The Morgan fingerprint density at radius 1 is 1.11 bits per heavy atom. The van der Waals surface area contributed by atoms with Gasteiger partial charge in [-0.1, -0.05) is 19.3 Å². The maximum atomic E-state index is 9.19. The van der Waals surface area contributed by atoms with Gasteiger partial charge >= 0.3 is 0 Å². The van der Waals surface area contributed by atoms with E-state index in [1.54, 1.807) is 0 Å². The largest absolute Gasteiger partial charge is 0.396 e. The fraction of sp³-hybridized carbons (Fsp3) is 0.800. The number of rotatable bonds is 3. The summed E-state index contributed by atoms with van der Waals surface area (Å²) in [5, 5.41) is 9.19. The molecule has 18 heavy (non-hydrogen) atoms. The molecule has 3 heteroatoms. The van der Waals surface area contributed by atoms with Gasteiger partial charge in [-0.15, -0.1) is 0 Å². The lowest BCUT2D eigenvalue weighted by atomic mass is 9.88. The summed E-state index contributed by atoms with van der Waals surface area (Å²) in [5.41, 5.74) is 2.61. The summed E-state index contributed by atoms with van der Waals surface area (Å²) in [6, 6.07) is 0. The molecule has 1 fully saturated rings. The SMILES string of the molecule is OCCc1nc(C2CCCCC2)n2c1CCCC2. The molecule has 0 atom stereocenters.